The molecule has 0 aliphatic heterocycles. The molecule has 1 aromatic rings. The second-order valence-corrected chi connectivity index (χ2v) is 2.93. The first-order valence-electron chi connectivity index (χ1n) is 4.65. The lowest BCUT2D eigenvalue weighted by molar-refractivity contribution is 0.0992. The number of nitrogens with one attached hydrogen (secondary N) is 1. The number of nitrogens with zero attached hydrogens (tertiary/aromatic N) is 2. The number of carbonyl (C=O) groups is 1. The molecule has 0 aliphatic carbocycles. The number of Topliss-reactive ketones (excluding diaryl/α,β-unsaturated/α-hetero) is 1. The molecule has 4 heteroatoms. The van der Waals surface area contributed by atoms with Gasteiger partial charge in [0.15, 0.2) is 5.78 Å². The predicted molar refractivity (Wildman–Crippen MR) is 55.3 cm³/mol. The standard InChI is InChI=1S/C10H15N3O/c1-3-5-11-7-10(14)9-6-12-13(4-2)8-9/h3,6,8,11H,1,4-5,7H2,2H3. The van der Waals surface area contributed by atoms with Gasteiger partial charge in [0.2, 0.25) is 0 Å². The number of ketones is 1. The van der Waals surface area contributed by atoms with E-state index in [1.165, 1.54) is 0 Å². The van der Waals surface area contributed by atoms with E-state index in [1.807, 2.05) is 6.92 Å². The van der Waals surface area contributed by atoms with Crippen LogP contribution in [0.1, 0.15) is 17.3 Å². The molecule has 0 saturated heterocycles. The van der Waals surface area contributed by atoms with E-state index in [1.54, 1.807) is 23.2 Å². The van der Waals surface area contributed by atoms with E-state index in [0.717, 1.165) is 6.54 Å². The summed E-state index contributed by atoms with van der Waals surface area (Å²) in [5, 5.41) is 6.99. The summed E-state index contributed by atoms with van der Waals surface area (Å²) < 4.78 is 1.74. The maximum absolute atomic E-state index is 11.5. The van der Waals surface area contributed by atoms with E-state index in [0.29, 0.717) is 18.7 Å². The first-order valence-corrected chi connectivity index (χ1v) is 4.65. The van der Waals surface area contributed by atoms with Crippen molar-refractivity contribution in [1.82, 2.24) is 15.1 Å². The summed E-state index contributed by atoms with van der Waals surface area (Å²) in [7, 11) is 0. The van der Waals surface area contributed by atoms with Crippen molar-refractivity contribution in [2.24, 2.45) is 0 Å². The Balaban J connectivity index is 2.47. The molecule has 1 rings (SSSR count). The van der Waals surface area contributed by atoms with E-state index in [2.05, 4.69) is 17.0 Å². The van der Waals surface area contributed by atoms with Gasteiger partial charge in [0.05, 0.1) is 18.3 Å². The zero-order chi connectivity index (χ0) is 10.4. The number of rotatable bonds is 6. The normalized spacial score (nSPS) is 10.1. The highest BCUT2D eigenvalue weighted by Gasteiger charge is 2.06. The monoisotopic (exact) mass is 193 g/mol. The first-order chi connectivity index (χ1) is 6.77. The van der Waals surface area contributed by atoms with Crippen LogP contribution >= 0.6 is 0 Å². The summed E-state index contributed by atoms with van der Waals surface area (Å²) >= 11 is 0. The SMILES string of the molecule is C=CCNCC(=O)c1cnn(CC)c1. The van der Waals surface area contributed by atoms with Crippen molar-refractivity contribution in [3.63, 3.8) is 0 Å². The molecular weight excluding hydrogens is 178 g/mol. The third-order valence-corrected chi connectivity index (χ3v) is 1.85. The van der Waals surface area contributed by atoms with Gasteiger partial charge < -0.3 is 5.32 Å². The van der Waals surface area contributed by atoms with Gasteiger partial charge in [0.25, 0.3) is 0 Å². The van der Waals surface area contributed by atoms with Crippen LogP contribution in [0.3, 0.4) is 0 Å². The van der Waals surface area contributed by atoms with Crippen LogP contribution in [0.5, 0.6) is 0 Å². The van der Waals surface area contributed by atoms with Crippen molar-refractivity contribution < 1.29 is 4.79 Å². The van der Waals surface area contributed by atoms with Crippen molar-refractivity contribution in [2.45, 2.75) is 13.5 Å². The van der Waals surface area contributed by atoms with Crippen LogP contribution in [0, 0.1) is 0 Å². The number of aryl methyl sites for hydroxylation is 1. The Kier molecular flexibility index (Phi) is 4.07. The Hall–Kier alpha value is -1.42. The molecule has 4 nitrogen and oxygen atoms in total. The van der Waals surface area contributed by atoms with E-state index in [4.69, 9.17) is 0 Å². The van der Waals surface area contributed by atoms with Crippen LogP contribution < -0.4 is 5.32 Å². The predicted octanol–water partition coefficient (Wildman–Crippen LogP) is 0.861. The minimum atomic E-state index is 0.0616. The first kappa shape index (κ1) is 10.7. The molecule has 0 aliphatic rings. The van der Waals surface area contributed by atoms with E-state index in [9.17, 15) is 4.79 Å². The average Bonchev–Trinajstić information content (AvgIpc) is 2.66. The van der Waals surface area contributed by atoms with Gasteiger partial charge in [-0.3, -0.25) is 9.48 Å². The summed E-state index contributed by atoms with van der Waals surface area (Å²) in [6, 6.07) is 0. The average molecular weight is 193 g/mol. The maximum Gasteiger partial charge on any atom is 0.179 e. The highest BCUT2D eigenvalue weighted by molar-refractivity contribution is 5.97. The van der Waals surface area contributed by atoms with Gasteiger partial charge in [-0.25, -0.2) is 0 Å². The summed E-state index contributed by atoms with van der Waals surface area (Å²) in [5.74, 6) is 0.0616. The minimum absolute atomic E-state index is 0.0616. The Labute approximate surface area is 83.6 Å². The van der Waals surface area contributed by atoms with E-state index >= 15 is 0 Å². The van der Waals surface area contributed by atoms with Crippen molar-refractivity contribution in [2.75, 3.05) is 13.1 Å². The fourth-order valence-corrected chi connectivity index (χ4v) is 1.07. The molecule has 0 saturated carbocycles. The van der Waals surface area contributed by atoms with Crippen LogP contribution in [0.15, 0.2) is 25.0 Å². The topological polar surface area (TPSA) is 46.9 Å². The number of hydrogen-bond donors (Lipinski definition) is 1. The molecule has 0 fully saturated rings. The van der Waals surface area contributed by atoms with Crippen LogP contribution in [0.25, 0.3) is 0 Å². The van der Waals surface area contributed by atoms with Gasteiger partial charge in [0, 0.05) is 19.3 Å². The number of aromatic nitrogens is 2. The van der Waals surface area contributed by atoms with Crippen LogP contribution in [0.2, 0.25) is 0 Å². The molecule has 0 bridgehead atoms. The molecule has 76 valence electrons. The number of hydrogen-bond acceptors (Lipinski definition) is 3. The smallest absolute Gasteiger partial charge is 0.179 e. The van der Waals surface area contributed by atoms with Crippen molar-refractivity contribution >= 4 is 5.78 Å². The van der Waals surface area contributed by atoms with E-state index in [-0.39, 0.29) is 5.78 Å². The molecule has 1 heterocycles. The fourth-order valence-electron chi connectivity index (χ4n) is 1.07. The van der Waals surface area contributed by atoms with Gasteiger partial charge >= 0.3 is 0 Å². The summed E-state index contributed by atoms with van der Waals surface area (Å²) in [5.41, 5.74) is 0.656. The maximum atomic E-state index is 11.5. The fraction of sp³-hybridized carbons (Fsp3) is 0.400. The van der Waals surface area contributed by atoms with Gasteiger partial charge in [-0.15, -0.1) is 6.58 Å². The zero-order valence-corrected chi connectivity index (χ0v) is 8.36. The van der Waals surface area contributed by atoms with Crippen LogP contribution in [-0.4, -0.2) is 28.7 Å². The minimum Gasteiger partial charge on any atom is -0.306 e. The van der Waals surface area contributed by atoms with Crippen LogP contribution in [-0.2, 0) is 6.54 Å². The zero-order valence-electron chi connectivity index (χ0n) is 8.36. The molecule has 0 radical (unpaired) electrons. The molecule has 0 amide bonds. The molecule has 0 atom stereocenters. The van der Waals surface area contributed by atoms with E-state index < -0.39 is 0 Å². The lowest BCUT2D eigenvalue weighted by Gasteiger charge is -1.97. The second-order valence-electron chi connectivity index (χ2n) is 2.93. The van der Waals surface area contributed by atoms with Crippen molar-refractivity contribution in [3.05, 3.63) is 30.6 Å². The highest BCUT2D eigenvalue weighted by atomic mass is 16.1. The van der Waals surface area contributed by atoms with Gasteiger partial charge in [-0.05, 0) is 6.92 Å². The third kappa shape index (κ3) is 2.81. The largest absolute Gasteiger partial charge is 0.306 e. The Morgan fingerprint density at radius 2 is 2.57 bits per heavy atom. The Morgan fingerprint density at radius 1 is 1.79 bits per heavy atom. The molecule has 0 unspecified atom stereocenters. The number of carbonyl (C=O) groups excluding carboxylic acids is 1. The lowest BCUT2D eigenvalue weighted by atomic mass is 10.2. The van der Waals surface area contributed by atoms with Gasteiger partial charge in [-0.1, -0.05) is 6.08 Å². The Morgan fingerprint density at radius 3 is 3.14 bits per heavy atom. The quantitative estimate of drug-likeness (QED) is 0.414. The molecule has 0 aromatic carbocycles. The van der Waals surface area contributed by atoms with Gasteiger partial charge in [-0.2, -0.15) is 5.10 Å². The lowest BCUT2D eigenvalue weighted by Crippen LogP contribution is -2.22. The molecule has 1 N–H and O–H groups in total. The molecule has 14 heavy (non-hydrogen) atoms. The third-order valence-electron chi connectivity index (χ3n) is 1.85. The highest BCUT2D eigenvalue weighted by Crippen LogP contribution is 1.98. The summed E-state index contributed by atoms with van der Waals surface area (Å²) in [6.45, 7) is 7.31. The summed E-state index contributed by atoms with van der Waals surface area (Å²) in [4.78, 5) is 11.5. The van der Waals surface area contributed by atoms with Gasteiger partial charge in [0.1, 0.15) is 0 Å². The summed E-state index contributed by atoms with van der Waals surface area (Å²) in [6.07, 6.45) is 5.09. The van der Waals surface area contributed by atoms with Crippen LogP contribution in [0.4, 0.5) is 0 Å². The van der Waals surface area contributed by atoms with Crippen molar-refractivity contribution in [1.29, 1.82) is 0 Å². The van der Waals surface area contributed by atoms with Crippen molar-refractivity contribution in [3.8, 4) is 0 Å². The molecule has 0 spiro atoms. The Bertz CT molecular complexity index is 317. The molecule has 1 aromatic heterocycles. The second kappa shape index (κ2) is 5.34. The molecular formula is C10H15N3O.